The van der Waals surface area contributed by atoms with Crippen molar-refractivity contribution < 1.29 is 33.2 Å². The Morgan fingerprint density at radius 1 is 1.03 bits per heavy atom. The first-order chi connectivity index (χ1) is 16.9. The average Bonchev–Trinajstić information content (AvgIpc) is 3.36. The van der Waals surface area contributed by atoms with E-state index >= 15 is 0 Å². The number of aromatic nitrogens is 1. The predicted molar refractivity (Wildman–Crippen MR) is 136 cm³/mol. The van der Waals surface area contributed by atoms with E-state index in [9.17, 15) is 9.59 Å². The zero-order valence-electron chi connectivity index (χ0n) is 20.4. The summed E-state index contributed by atoms with van der Waals surface area (Å²) in [6.07, 6.45) is 2.19. The SMILES string of the molecule is COc1cc(-c2oncc2-c2cccc(N(OC)C(=O)NCCCC(N)=O)c2)cc(OC)c1OC.Cl. The maximum Gasteiger partial charge on any atom is 0.346 e. The second kappa shape index (κ2) is 13.2. The highest BCUT2D eigenvalue weighted by Gasteiger charge is 2.21. The largest absolute Gasteiger partial charge is 0.493 e. The molecule has 0 aliphatic rings. The molecule has 3 rings (SSSR count). The number of primary amides is 1. The molecule has 0 spiro atoms. The van der Waals surface area contributed by atoms with Crippen LogP contribution in [0.15, 0.2) is 47.1 Å². The number of carbonyl (C=O) groups excluding carboxylic acids is 2. The lowest BCUT2D eigenvalue weighted by Gasteiger charge is -2.20. The van der Waals surface area contributed by atoms with Gasteiger partial charge in [0.2, 0.25) is 11.7 Å². The molecule has 3 amide bonds. The normalized spacial score (nSPS) is 10.2. The third-order valence-corrected chi connectivity index (χ3v) is 5.13. The van der Waals surface area contributed by atoms with Crippen molar-refractivity contribution in [2.75, 3.05) is 40.0 Å². The highest BCUT2D eigenvalue weighted by atomic mass is 35.5. The molecule has 12 heteroatoms. The van der Waals surface area contributed by atoms with Gasteiger partial charge in [0.1, 0.15) is 0 Å². The molecule has 0 aliphatic carbocycles. The molecular weight excluding hydrogens is 492 g/mol. The van der Waals surface area contributed by atoms with Gasteiger partial charge in [-0.15, -0.1) is 12.4 Å². The van der Waals surface area contributed by atoms with E-state index < -0.39 is 11.9 Å². The van der Waals surface area contributed by atoms with Crippen LogP contribution in [0.4, 0.5) is 10.5 Å². The summed E-state index contributed by atoms with van der Waals surface area (Å²) in [7, 11) is 5.98. The maximum absolute atomic E-state index is 12.6. The van der Waals surface area contributed by atoms with Crippen molar-refractivity contribution >= 4 is 30.0 Å². The van der Waals surface area contributed by atoms with Gasteiger partial charge in [-0.25, -0.2) is 4.79 Å². The number of urea groups is 1. The van der Waals surface area contributed by atoms with Crippen molar-refractivity contribution in [2.45, 2.75) is 12.8 Å². The molecule has 0 fully saturated rings. The van der Waals surface area contributed by atoms with Crippen molar-refractivity contribution in [3.05, 3.63) is 42.6 Å². The van der Waals surface area contributed by atoms with Gasteiger partial charge in [0.15, 0.2) is 17.3 Å². The third kappa shape index (κ3) is 6.37. The van der Waals surface area contributed by atoms with Gasteiger partial charge in [0, 0.05) is 24.1 Å². The van der Waals surface area contributed by atoms with Gasteiger partial charge in [-0.1, -0.05) is 17.3 Å². The lowest BCUT2D eigenvalue weighted by atomic mass is 10.0. The van der Waals surface area contributed by atoms with E-state index in [2.05, 4.69) is 10.5 Å². The molecule has 11 nitrogen and oxygen atoms in total. The first-order valence-electron chi connectivity index (χ1n) is 10.7. The number of amides is 3. The zero-order valence-corrected chi connectivity index (χ0v) is 21.2. The van der Waals surface area contributed by atoms with Crippen LogP contribution < -0.4 is 30.3 Å². The van der Waals surface area contributed by atoms with Gasteiger partial charge in [0.25, 0.3) is 0 Å². The Morgan fingerprint density at radius 2 is 1.72 bits per heavy atom. The van der Waals surface area contributed by atoms with Crippen LogP contribution in [0.1, 0.15) is 12.8 Å². The van der Waals surface area contributed by atoms with Crippen LogP contribution in [0.5, 0.6) is 17.2 Å². The van der Waals surface area contributed by atoms with Crippen LogP contribution in [-0.4, -0.2) is 52.1 Å². The summed E-state index contributed by atoms with van der Waals surface area (Å²) in [5.74, 6) is 1.45. The van der Waals surface area contributed by atoms with E-state index in [1.807, 2.05) is 6.07 Å². The van der Waals surface area contributed by atoms with Crippen LogP contribution >= 0.6 is 12.4 Å². The van der Waals surface area contributed by atoms with Crippen LogP contribution in [-0.2, 0) is 9.63 Å². The van der Waals surface area contributed by atoms with E-state index in [1.54, 1.807) is 36.5 Å². The molecule has 0 atom stereocenters. The Hall–Kier alpha value is -3.96. The number of ether oxygens (including phenoxy) is 3. The minimum absolute atomic E-state index is 0. The topological polar surface area (TPSA) is 138 Å². The molecule has 2 aromatic carbocycles. The second-order valence-corrected chi connectivity index (χ2v) is 7.31. The fourth-order valence-corrected chi connectivity index (χ4v) is 3.50. The molecule has 0 saturated heterocycles. The number of hydroxylamine groups is 1. The summed E-state index contributed by atoms with van der Waals surface area (Å²) in [5, 5.41) is 7.78. The minimum Gasteiger partial charge on any atom is -0.493 e. The summed E-state index contributed by atoms with van der Waals surface area (Å²) >= 11 is 0. The molecule has 0 radical (unpaired) electrons. The van der Waals surface area contributed by atoms with Crippen LogP contribution in [0.2, 0.25) is 0 Å². The standard InChI is InChI=1S/C24H28N4O7.ClH/c1-31-19-12-16(13-20(32-2)23(19)33-3)22-18(14-27-35-22)15-7-5-8-17(11-15)28(34-4)24(30)26-10-6-9-21(25)29;/h5,7-8,11-14H,6,9-10H2,1-4H3,(H2,25,29)(H,26,30);1H. The smallest absolute Gasteiger partial charge is 0.346 e. The molecule has 1 heterocycles. The number of methoxy groups -OCH3 is 3. The minimum atomic E-state index is -0.482. The van der Waals surface area contributed by atoms with Gasteiger partial charge in [-0.3, -0.25) is 9.63 Å². The predicted octanol–water partition coefficient (Wildman–Crippen LogP) is 3.80. The average molecular weight is 521 g/mol. The molecule has 1 aromatic heterocycles. The molecule has 0 aliphatic heterocycles. The highest BCUT2D eigenvalue weighted by molar-refractivity contribution is 5.91. The van der Waals surface area contributed by atoms with Crippen molar-refractivity contribution in [1.82, 2.24) is 10.5 Å². The van der Waals surface area contributed by atoms with Crippen LogP contribution in [0.3, 0.4) is 0 Å². The molecule has 3 aromatic rings. The fourth-order valence-electron chi connectivity index (χ4n) is 3.50. The van der Waals surface area contributed by atoms with E-state index in [1.165, 1.54) is 28.4 Å². The quantitative estimate of drug-likeness (QED) is 0.287. The van der Waals surface area contributed by atoms with E-state index in [0.717, 1.165) is 10.6 Å². The van der Waals surface area contributed by atoms with E-state index in [0.29, 0.717) is 46.2 Å². The summed E-state index contributed by atoms with van der Waals surface area (Å²) in [6, 6.07) is 10.2. The molecule has 3 N–H and O–H groups in total. The Bertz CT molecular complexity index is 1160. The molecular formula is C24H29ClN4O7. The summed E-state index contributed by atoms with van der Waals surface area (Å²) in [4.78, 5) is 28.8. The Labute approximate surface area is 214 Å². The molecule has 0 saturated carbocycles. The monoisotopic (exact) mass is 520 g/mol. The third-order valence-electron chi connectivity index (χ3n) is 5.13. The van der Waals surface area contributed by atoms with Gasteiger partial charge >= 0.3 is 6.03 Å². The molecule has 36 heavy (non-hydrogen) atoms. The number of benzene rings is 2. The Morgan fingerprint density at radius 3 is 2.31 bits per heavy atom. The second-order valence-electron chi connectivity index (χ2n) is 7.31. The lowest BCUT2D eigenvalue weighted by molar-refractivity contribution is -0.118. The van der Waals surface area contributed by atoms with Crippen LogP contribution in [0, 0.1) is 0 Å². The number of hydrogen-bond donors (Lipinski definition) is 2. The Kier molecular flexibility index (Phi) is 10.4. The number of nitrogens with two attached hydrogens (primary N) is 1. The van der Waals surface area contributed by atoms with Gasteiger partial charge < -0.3 is 29.8 Å². The first-order valence-corrected chi connectivity index (χ1v) is 10.7. The van der Waals surface area contributed by atoms with Crippen molar-refractivity contribution in [3.8, 4) is 39.7 Å². The summed E-state index contributed by atoms with van der Waals surface area (Å²) in [6.45, 7) is 0.276. The maximum atomic E-state index is 12.6. The number of anilines is 1. The highest BCUT2D eigenvalue weighted by Crippen LogP contribution is 2.43. The number of rotatable bonds is 11. The fraction of sp³-hybridized carbons (Fsp3) is 0.292. The lowest BCUT2D eigenvalue weighted by Crippen LogP contribution is -2.40. The van der Waals surface area contributed by atoms with Crippen LogP contribution in [0.25, 0.3) is 22.5 Å². The number of nitrogens with one attached hydrogen (secondary N) is 1. The number of nitrogens with zero attached hydrogens (tertiary/aromatic N) is 2. The van der Waals surface area contributed by atoms with E-state index in [-0.39, 0.29) is 25.4 Å². The molecule has 194 valence electrons. The van der Waals surface area contributed by atoms with Crippen molar-refractivity contribution in [1.29, 1.82) is 0 Å². The summed E-state index contributed by atoms with van der Waals surface area (Å²) in [5.41, 5.74) is 7.68. The first kappa shape index (κ1) is 28.3. The number of carbonyl (C=O) groups is 2. The number of hydrogen-bond acceptors (Lipinski definition) is 8. The molecule has 0 bridgehead atoms. The number of halogens is 1. The van der Waals surface area contributed by atoms with Crippen molar-refractivity contribution in [3.63, 3.8) is 0 Å². The Balaban J connectivity index is 0.00000456. The van der Waals surface area contributed by atoms with Gasteiger partial charge in [-0.05, 0) is 36.2 Å². The van der Waals surface area contributed by atoms with Crippen molar-refractivity contribution in [2.24, 2.45) is 5.73 Å². The van der Waals surface area contributed by atoms with E-state index in [4.69, 9.17) is 29.3 Å². The van der Waals surface area contributed by atoms with Gasteiger partial charge in [-0.2, -0.15) is 5.06 Å². The molecule has 0 unspecified atom stereocenters. The zero-order chi connectivity index (χ0) is 25.4. The van der Waals surface area contributed by atoms with Gasteiger partial charge in [0.05, 0.1) is 40.3 Å². The summed E-state index contributed by atoms with van der Waals surface area (Å²) < 4.78 is 21.9.